The third kappa shape index (κ3) is 7.13. The van der Waals surface area contributed by atoms with Gasteiger partial charge in [0, 0.05) is 6.20 Å². The molecule has 0 N–H and O–H groups in total. The highest BCUT2D eigenvalue weighted by Crippen LogP contribution is 2.11. The van der Waals surface area contributed by atoms with Crippen LogP contribution in [0.2, 0.25) is 0 Å². The van der Waals surface area contributed by atoms with Crippen LogP contribution in [-0.2, 0) is 20.8 Å². The quantitative estimate of drug-likeness (QED) is 0.541. The van der Waals surface area contributed by atoms with Crippen LogP contribution in [0.4, 0.5) is 0 Å². The van der Waals surface area contributed by atoms with E-state index in [4.69, 9.17) is 14.2 Å². The highest BCUT2D eigenvalue weighted by molar-refractivity contribution is 9.10. The first-order valence-corrected chi connectivity index (χ1v) is 8.95. The number of rotatable bonds is 11. The van der Waals surface area contributed by atoms with Crippen molar-refractivity contribution >= 4 is 15.9 Å². The monoisotopic (exact) mass is 396 g/mol. The summed E-state index contributed by atoms with van der Waals surface area (Å²) in [4.78, 5) is 0. The van der Waals surface area contributed by atoms with Gasteiger partial charge in [0.05, 0.1) is 55.8 Å². The maximum absolute atomic E-state index is 5.75. The van der Waals surface area contributed by atoms with Gasteiger partial charge in [-0.25, -0.2) is 0 Å². The zero-order valence-corrected chi connectivity index (χ0v) is 15.8. The molecule has 0 fully saturated rings. The van der Waals surface area contributed by atoms with Gasteiger partial charge in [-0.2, -0.15) is 5.10 Å². The molecule has 0 radical (unpaired) electrons. The summed E-state index contributed by atoms with van der Waals surface area (Å²) in [6, 6.07) is 10.3. The summed E-state index contributed by atoms with van der Waals surface area (Å²) in [7, 11) is 0. The Kier molecular flexibility index (Phi) is 8.45. The van der Waals surface area contributed by atoms with Gasteiger partial charge >= 0.3 is 0 Å². The zero-order chi connectivity index (χ0) is 17.2. The van der Waals surface area contributed by atoms with Crippen molar-refractivity contribution in [2.75, 3.05) is 26.4 Å². The summed E-state index contributed by atoms with van der Waals surface area (Å²) in [5, 5.41) is 4.24. The van der Waals surface area contributed by atoms with E-state index in [1.165, 1.54) is 5.56 Å². The molecule has 0 aliphatic rings. The molecule has 0 spiro atoms. The molecule has 2 rings (SSSR count). The molecule has 0 aliphatic heterocycles. The molecule has 0 saturated carbocycles. The maximum atomic E-state index is 5.75. The molecule has 0 saturated heterocycles. The molecular formula is C18H25BrN2O3. The minimum Gasteiger partial charge on any atom is -0.377 e. The molecule has 132 valence electrons. The lowest BCUT2D eigenvalue weighted by molar-refractivity contribution is -0.0316. The SMILES string of the molecule is CC(COCCOCC(C)n1cc(Br)cn1)OCc1ccccc1. The number of hydrogen-bond acceptors (Lipinski definition) is 4. The summed E-state index contributed by atoms with van der Waals surface area (Å²) < 4.78 is 19.8. The number of hydrogen-bond donors (Lipinski definition) is 0. The first kappa shape index (κ1) is 19.1. The molecular weight excluding hydrogens is 372 g/mol. The second-order valence-corrected chi connectivity index (χ2v) is 6.66. The van der Waals surface area contributed by atoms with Crippen LogP contribution in [0.25, 0.3) is 0 Å². The Balaban J connectivity index is 1.48. The van der Waals surface area contributed by atoms with E-state index in [1.807, 2.05) is 36.0 Å². The van der Waals surface area contributed by atoms with Gasteiger partial charge in [-0.1, -0.05) is 30.3 Å². The standard InChI is InChI=1S/C18H25BrN2O3/c1-15(21-11-18(19)10-20-21)12-22-8-9-23-13-16(2)24-14-17-6-4-3-5-7-17/h3-7,10-11,15-16H,8-9,12-14H2,1-2H3. The number of ether oxygens (including phenoxy) is 3. The molecule has 24 heavy (non-hydrogen) atoms. The third-order valence-corrected chi connectivity index (χ3v) is 3.89. The van der Waals surface area contributed by atoms with Crippen molar-refractivity contribution in [3.63, 3.8) is 0 Å². The second-order valence-electron chi connectivity index (χ2n) is 5.74. The molecule has 0 bridgehead atoms. The van der Waals surface area contributed by atoms with Crippen molar-refractivity contribution in [2.45, 2.75) is 32.6 Å². The molecule has 0 amide bonds. The van der Waals surface area contributed by atoms with E-state index in [9.17, 15) is 0 Å². The van der Waals surface area contributed by atoms with Crippen molar-refractivity contribution in [3.05, 3.63) is 52.8 Å². The van der Waals surface area contributed by atoms with Gasteiger partial charge in [-0.3, -0.25) is 4.68 Å². The Morgan fingerprint density at radius 2 is 1.79 bits per heavy atom. The molecule has 5 nitrogen and oxygen atoms in total. The number of aromatic nitrogens is 2. The van der Waals surface area contributed by atoms with Crippen LogP contribution in [0.15, 0.2) is 47.2 Å². The predicted molar refractivity (Wildman–Crippen MR) is 97.0 cm³/mol. The van der Waals surface area contributed by atoms with Crippen molar-refractivity contribution in [2.24, 2.45) is 0 Å². The maximum Gasteiger partial charge on any atom is 0.0785 e. The average Bonchev–Trinajstić information content (AvgIpc) is 3.03. The predicted octanol–water partition coefficient (Wildman–Crippen LogP) is 3.85. The Bertz CT molecular complexity index is 577. The average molecular weight is 397 g/mol. The fraction of sp³-hybridized carbons (Fsp3) is 0.500. The molecule has 2 aromatic rings. The highest BCUT2D eigenvalue weighted by atomic mass is 79.9. The Labute approximate surface area is 152 Å². The van der Waals surface area contributed by atoms with Gasteiger partial charge in [-0.05, 0) is 35.3 Å². The highest BCUT2D eigenvalue weighted by Gasteiger charge is 2.06. The number of benzene rings is 1. The van der Waals surface area contributed by atoms with Gasteiger partial charge in [0.25, 0.3) is 0 Å². The van der Waals surface area contributed by atoms with Gasteiger partial charge in [0.1, 0.15) is 0 Å². The fourth-order valence-corrected chi connectivity index (χ4v) is 2.42. The van der Waals surface area contributed by atoms with E-state index < -0.39 is 0 Å². The Morgan fingerprint density at radius 3 is 2.46 bits per heavy atom. The van der Waals surface area contributed by atoms with E-state index >= 15 is 0 Å². The first-order chi connectivity index (χ1) is 11.6. The van der Waals surface area contributed by atoms with Crippen molar-refractivity contribution in [1.82, 2.24) is 9.78 Å². The molecule has 1 aromatic carbocycles. The van der Waals surface area contributed by atoms with Gasteiger partial charge in [0.15, 0.2) is 0 Å². The molecule has 2 atom stereocenters. The van der Waals surface area contributed by atoms with Crippen LogP contribution >= 0.6 is 15.9 Å². The second kappa shape index (κ2) is 10.6. The zero-order valence-electron chi connectivity index (χ0n) is 14.2. The van der Waals surface area contributed by atoms with Crippen LogP contribution in [0.5, 0.6) is 0 Å². The molecule has 0 aliphatic carbocycles. The van der Waals surface area contributed by atoms with Crippen LogP contribution in [-0.4, -0.2) is 42.3 Å². The molecule has 2 unspecified atom stereocenters. The summed E-state index contributed by atoms with van der Waals surface area (Å²) >= 11 is 3.39. The smallest absolute Gasteiger partial charge is 0.0785 e. The van der Waals surface area contributed by atoms with Crippen LogP contribution in [0.1, 0.15) is 25.5 Å². The molecule has 1 aromatic heterocycles. The van der Waals surface area contributed by atoms with Crippen molar-refractivity contribution in [1.29, 1.82) is 0 Å². The Morgan fingerprint density at radius 1 is 1.08 bits per heavy atom. The van der Waals surface area contributed by atoms with E-state index in [-0.39, 0.29) is 12.1 Å². The minimum absolute atomic E-state index is 0.0607. The Hall–Kier alpha value is -1.21. The summed E-state index contributed by atoms with van der Waals surface area (Å²) in [6.07, 6.45) is 3.78. The number of halogens is 1. The lowest BCUT2D eigenvalue weighted by Gasteiger charge is -2.15. The minimum atomic E-state index is 0.0607. The van der Waals surface area contributed by atoms with E-state index in [0.717, 1.165) is 4.47 Å². The van der Waals surface area contributed by atoms with Crippen molar-refractivity contribution in [3.8, 4) is 0 Å². The van der Waals surface area contributed by atoms with E-state index in [1.54, 1.807) is 6.20 Å². The number of nitrogens with zero attached hydrogens (tertiary/aromatic N) is 2. The van der Waals surface area contributed by atoms with Crippen LogP contribution in [0, 0.1) is 0 Å². The summed E-state index contributed by atoms with van der Waals surface area (Å²) in [5.41, 5.74) is 1.17. The van der Waals surface area contributed by atoms with Gasteiger partial charge in [0.2, 0.25) is 0 Å². The van der Waals surface area contributed by atoms with Crippen LogP contribution < -0.4 is 0 Å². The molecule has 1 heterocycles. The van der Waals surface area contributed by atoms with E-state index in [2.05, 4.69) is 40.1 Å². The first-order valence-electron chi connectivity index (χ1n) is 8.16. The van der Waals surface area contributed by atoms with Crippen molar-refractivity contribution < 1.29 is 14.2 Å². The normalized spacial score (nSPS) is 13.8. The fourth-order valence-electron chi connectivity index (χ4n) is 2.11. The largest absolute Gasteiger partial charge is 0.377 e. The summed E-state index contributed by atoms with van der Waals surface area (Å²) in [6.45, 7) is 7.00. The lowest BCUT2D eigenvalue weighted by Crippen LogP contribution is -2.19. The van der Waals surface area contributed by atoms with Gasteiger partial charge < -0.3 is 14.2 Å². The third-order valence-electron chi connectivity index (χ3n) is 3.48. The van der Waals surface area contributed by atoms with Crippen LogP contribution in [0.3, 0.4) is 0 Å². The van der Waals surface area contributed by atoms with Gasteiger partial charge in [-0.15, -0.1) is 0 Å². The lowest BCUT2D eigenvalue weighted by atomic mass is 10.2. The van der Waals surface area contributed by atoms with E-state index in [0.29, 0.717) is 33.0 Å². The topological polar surface area (TPSA) is 45.5 Å². The summed E-state index contributed by atoms with van der Waals surface area (Å²) in [5.74, 6) is 0. The molecule has 6 heteroatoms.